The number of aromatic nitrogens is 1. The number of rotatable bonds is 5. The van der Waals surface area contributed by atoms with Gasteiger partial charge in [0.25, 0.3) is 5.91 Å². The van der Waals surface area contributed by atoms with Crippen LogP contribution in [0.1, 0.15) is 48.2 Å². The predicted molar refractivity (Wildman–Crippen MR) is 82.3 cm³/mol. The molecule has 4 nitrogen and oxygen atoms in total. The fourth-order valence-electron chi connectivity index (χ4n) is 2.48. The Hall–Kier alpha value is -2.01. The minimum Gasteiger partial charge on any atom is -0.393 e. The maximum Gasteiger partial charge on any atom is 0.252 e. The zero-order valence-corrected chi connectivity index (χ0v) is 12.5. The molecule has 22 heavy (non-hydrogen) atoms. The highest BCUT2D eigenvalue weighted by Gasteiger charge is 2.27. The lowest BCUT2D eigenvalue weighted by atomic mass is 10.0. The molecule has 1 amide bonds. The van der Waals surface area contributed by atoms with Crippen molar-refractivity contribution in [3.63, 3.8) is 0 Å². The van der Waals surface area contributed by atoms with Gasteiger partial charge in [0.2, 0.25) is 0 Å². The van der Waals surface area contributed by atoms with Crippen molar-refractivity contribution in [2.75, 3.05) is 6.54 Å². The molecule has 0 saturated heterocycles. The number of amides is 1. The van der Waals surface area contributed by atoms with Crippen LogP contribution in [0.4, 0.5) is 4.39 Å². The maximum atomic E-state index is 13.5. The van der Waals surface area contributed by atoms with Gasteiger partial charge >= 0.3 is 0 Å². The standard InChI is InChI=1S/C17H19FN2O2/c1-10(21)6-7-19-17(22)14-9-16(11-2-3-11)20-15-5-4-12(18)8-13(14)15/h4-5,8-11,21H,2-3,6-7H2,1H3,(H,19,22). The lowest BCUT2D eigenvalue weighted by Gasteiger charge is -2.11. The largest absolute Gasteiger partial charge is 0.393 e. The molecule has 1 atom stereocenters. The van der Waals surface area contributed by atoms with Crippen molar-refractivity contribution in [1.82, 2.24) is 10.3 Å². The van der Waals surface area contributed by atoms with E-state index in [9.17, 15) is 14.3 Å². The van der Waals surface area contributed by atoms with E-state index >= 15 is 0 Å². The molecule has 1 aliphatic carbocycles. The van der Waals surface area contributed by atoms with Gasteiger partial charge in [-0.25, -0.2) is 4.39 Å². The molecule has 1 aliphatic rings. The molecule has 2 N–H and O–H groups in total. The molecular weight excluding hydrogens is 283 g/mol. The molecule has 1 aromatic carbocycles. The Morgan fingerprint density at radius 2 is 2.23 bits per heavy atom. The molecule has 116 valence electrons. The third kappa shape index (κ3) is 3.25. The third-order valence-corrected chi connectivity index (χ3v) is 3.88. The van der Waals surface area contributed by atoms with Gasteiger partial charge in [0.15, 0.2) is 0 Å². The lowest BCUT2D eigenvalue weighted by molar-refractivity contribution is 0.0947. The lowest BCUT2D eigenvalue weighted by Crippen LogP contribution is -2.27. The summed E-state index contributed by atoms with van der Waals surface area (Å²) in [5, 5.41) is 12.6. The van der Waals surface area contributed by atoms with Crippen LogP contribution in [0, 0.1) is 5.82 Å². The van der Waals surface area contributed by atoms with Gasteiger partial charge in [-0.3, -0.25) is 9.78 Å². The second-order valence-corrected chi connectivity index (χ2v) is 5.92. The summed E-state index contributed by atoms with van der Waals surface area (Å²) in [6.07, 6.45) is 2.19. The van der Waals surface area contributed by atoms with E-state index in [1.807, 2.05) is 0 Å². The number of carbonyl (C=O) groups excluding carboxylic acids is 1. The smallest absolute Gasteiger partial charge is 0.252 e. The molecular formula is C17H19FN2O2. The molecule has 1 fully saturated rings. The number of nitrogens with zero attached hydrogens (tertiary/aromatic N) is 1. The van der Waals surface area contributed by atoms with Crippen molar-refractivity contribution in [2.45, 2.75) is 38.2 Å². The molecule has 0 radical (unpaired) electrons. The Morgan fingerprint density at radius 1 is 1.45 bits per heavy atom. The van der Waals surface area contributed by atoms with Crippen LogP contribution in [0.25, 0.3) is 10.9 Å². The first-order chi connectivity index (χ1) is 10.5. The zero-order valence-electron chi connectivity index (χ0n) is 12.5. The summed E-state index contributed by atoms with van der Waals surface area (Å²) in [7, 11) is 0. The number of hydrogen-bond acceptors (Lipinski definition) is 3. The van der Waals surface area contributed by atoms with Crippen LogP contribution in [0.15, 0.2) is 24.3 Å². The van der Waals surface area contributed by atoms with Crippen LogP contribution < -0.4 is 5.32 Å². The molecule has 0 aliphatic heterocycles. The number of halogens is 1. The normalized spacial score (nSPS) is 15.8. The van der Waals surface area contributed by atoms with E-state index < -0.39 is 6.10 Å². The van der Waals surface area contributed by atoms with Gasteiger partial charge in [0.05, 0.1) is 17.2 Å². The summed E-state index contributed by atoms with van der Waals surface area (Å²) in [6, 6.07) is 6.10. The molecule has 1 heterocycles. The van der Waals surface area contributed by atoms with Gasteiger partial charge in [-0.2, -0.15) is 0 Å². The van der Waals surface area contributed by atoms with Gasteiger partial charge in [-0.05, 0) is 50.5 Å². The van der Waals surface area contributed by atoms with Crippen LogP contribution in [0.3, 0.4) is 0 Å². The minimum absolute atomic E-state index is 0.249. The quantitative estimate of drug-likeness (QED) is 0.892. The van der Waals surface area contributed by atoms with E-state index in [2.05, 4.69) is 10.3 Å². The number of fused-ring (bicyclic) bond motifs is 1. The SMILES string of the molecule is CC(O)CCNC(=O)c1cc(C2CC2)nc2ccc(F)cc12. The molecule has 3 rings (SSSR count). The van der Waals surface area contributed by atoms with Crippen molar-refractivity contribution < 1.29 is 14.3 Å². The Morgan fingerprint density at radius 3 is 2.91 bits per heavy atom. The van der Waals surface area contributed by atoms with Crippen LogP contribution in [-0.4, -0.2) is 28.6 Å². The fraction of sp³-hybridized carbons (Fsp3) is 0.412. The number of nitrogens with one attached hydrogen (secondary N) is 1. The number of aliphatic hydroxyl groups excluding tert-OH is 1. The van der Waals surface area contributed by atoms with Crippen molar-refractivity contribution >= 4 is 16.8 Å². The summed E-state index contributed by atoms with van der Waals surface area (Å²) in [6.45, 7) is 2.06. The maximum absolute atomic E-state index is 13.5. The van der Waals surface area contributed by atoms with Crippen LogP contribution in [-0.2, 0) is 0 Å². The van der Waals surface area contributed by atoms with E-state index in [1.165, 1.54) is 12.1 Å². The molecule has 1 unspecified atom stereocenters. The molecule has 5 heteroatoms. The fourth-order valence-corrected chi connectivity index (χ4v) is 2.48. The Balaban J connectivity index is 1.94. The van der Waals surface area contributed by atoms with Gasteiger partial charge in [0.1, 0.15) is 5.82 Å². The number of hydrogen-bond donors (Lipinski definition) is 2. The summed E-state index contributed by atoms with van der Waals surface area (Å²) in [4.78, 5) is 16.9. The van der Waals surface area contributed by atoms with Crippen LogP contribution in [0.5, 0.6) is 0 Å². The summed E-state index contributed by atoms with van der Waals surface area (Å²) in [5.74, 6) is -0.217. The highest BCUT2D eigenvalue weighted by molar-refractivity contribution is 6.06. The second-order valence-electron chi connectivity index (χ2n) is 5.92. The van der Waals surface area contributed by atoms with Crippen molar-refractivity contribution in [3.05, 3.63) is 41.3 Å². The number of carbonyl (C=O) groups is 1. The topological polar surface area (TPSA) is 62.2 Å². The van der Waals surface area contributed by atoms with Gasteiger partial charge in [-0.15, -0.1) is 0 Å². The summed E-state index contributed by atoms with van der Waals surface area (Å²) in [5.41, 5.74) is 2.00. The number of aliphatic hydroxyl groups is 1. The number of pyridine rings is 1. The van der Waals surface area contributed by atoms with Crippen molar-refractivity contribution in [3.8, 4) is 0 Å². The Labute approximate surface area is 128 Å². The van der Waals surface area contributed by atoms with E-state index in [0.29, 0.717) is 35.3 Å². The average Bonchev–Trinajstić information content (AvgIpc) is 3.30. The first-order valence-electron chi connectivity index (χ1n) is 7.61. The summed E-state index contributed by atoms with van der Waals surface area (Å²) < 4.78 is 13.5. The number of benzene rings is 1. The van der Waals surface area contributed by atoms with Crippen LogP contribution in [0.2, 0.25) is 0 Å². The second kappa shape index (κ2) is 6.01. The van der Waals surface area contributed by atoms with E-state index in [1.54, 1.807) is 19.1 Å². The highest BCUT2D eigenvalue weighted by Crippen LogP contribution is 2.40. The zero-order chi connectivity index (χ0) is 15.7. The molecule has 1 aromatic heterocycles. The molecule has 0 spiro atoms. The summed E-state index contributed by atoms with van der Waals surface area (Å²) >= 11 is 0. The van der Waals surface area contributed by atoms with E-state index in [0.717, 1.165) is 18.5 Å². The van der Waals surface area contributed by atoms with Gasteiger partial charge in [0, 0.05) is 23.5 Å². The first-order valence-corrected chi connectivity index (χ1v) is 7.61. The van der Waals surface area contributed by atoms with Crippen molar-refractivity contribution in [1.29, 1.82) is 0 Å². The highest BCUT2D eigenvalue weighted by atomic mass is 19.1. The first kappa shape index (κ1) is 14.9. The molecule has 2 aromatic rings. The Kier molecular flexibility index (Phi) is 4.07. The molecule has 0 bridgehead atoms. The van der Waals surface area contributed by atoms with E-state index in [-0.39, 0.29) is 11.7 Å². The van der Waals surface area contributed by atoms with Crippen molar-refractivity contribution in [2.24, 2.45) is 0 Å². The van der Waals surface area contributed by atoms with E-state index in [4.69, 9.17) is 0 Å². The predicted octanol–water partition coefficient (Wildman–Crippen LogP) is 2.75. The monoisotopic (exact) mass is 302 g/mol. The average molecular weight is 302 g/mol. The van der Waals surface area contributed by atoms with Gasteiger partial charge in [-0.1, -0.05) is 0 Å². The Bertz CT molecular complexity index is 711. The van der Waals surface area contributed by atoms with Gasteiger partial charge < -0.3 is 10.4 Å². The molecule has 1 saturated carbocycles. The minimum atomic E-state index is -0.464. The van der Waals surface area contributed by atoms with Crippen LogP contribution >= 0.6 is 0 Å². The third-order valence-electron chi connectivity index (χ3n) is 3.88.